The van der Waals surface area contributed by atoms with Gasteiger partial charge in [0.05, 0.1) is 32.8 Å². The largest absolute Gasteiger partial charge is 0.439 e. The molecule has 1 unspecified atom stereocenters. The lowest BCUT2D eigenvalue weighted by Crippen LogP contribution is -2.39. The van der Waals surface area contributed by atoms with E-state index in [9.17, 15) is 0 Å². The molecule has 2 N–H and O–H groups in total. The Morgan fingerprint density at radius 1 is 1.00 bits per heavy atom. The molecule has 1 saturated carbocycles. The van der Waals surface area contributed by atoms with Crippen LogP contribution in [-0.2, 0) is 6.54 Å². The van der Waals surface area contributed by atoms with E-state index in [-0.39, 0.29) is 11.4 Å². The highest BCUT2D eigenvalue weighted by Crippen LogP contribution is 2.40. The zero-order chi connectivity index (χ0) is 23.1. The molecule has 1 aliphatic rings. The van der Waals surface area contributed by atoms with Gasteiger partial charge in [0.2, 0.25) is 5.89 Å². The third kappa shape index (κ3) is 7.46. The van der Waals surface area contributed by atoms with Gasteiger partial charge in [0.25, 0.3) is 0 Å². The van der Waals surface area contributed by atoms with Crippen molar-refractivity contribution in [2.75, 3.05) is 26.4 Å². The summed E-state index contributed by atoms with van der Waals surface area (Å²) in [5.74, 6) is 3.98. The van der Waals surface area contributed by atoms with E-state index in [1.54, 1.807) is 0 Å². The molecular weight excluding hydrogens is 440 g/mol. The van der Waals surface area contributed by atoms with Crippen molar-refractivity contribution in [3.8, 4) is 0 Å². The second-order valence-corrected chi connectivity index (χ2v) is 11.5. The Morgan fingerprint density at radius 3 is 2.41 bits per heavy atom. The topological polar surface area (TPSA) is 57.5 Å². The van der Waals surface area contributed by atoms with Crippen molar-refractivity contribution in [3.05, 3.63) is 83.6 Å². The fraction of sp³-hybridized carbons (Fsp3) is 0.483. The number of nitrogens with zero attached hydrogens (tertiary/aromatic N) is 2. The van der Waals surface area contributed by atoms with Gasteiger partial charge in [-0.1, -0.05) is 67.3 Å². The maximum Gasteiger partial charge on any atom is 0.202 e. The van der Waals surface area contributed by atoms with Crippen molar-refractivity contribution in [3.63, 3.8) is 0 Å². The Labute approximate surface area is 209 Å². The summed E-state index contributed by atoms with van der Waals surface area (Å²) in [7, 11) is 4.60. The molecule has 1 aromatic heterocycles. The Kier molecular flexibility index (Phi) is 9.81. The van der Waals surface area contributed by atoms with Gasteiger partial charge in [-0.15, -0.1) is 11.8 Å². The predicted octanol–water partition coefficient (Wildman–Crippen LogP) is 6.63. The first-order chi connectivity index (χ1) is 16.0. The number of thioether (sulfide) groups is 1. The first kappa shape index (κ1) is 26.5. The van der Waals surface area contributed by atoms with E-state index < -0.39 is 0 Å². The summed E-state index contributed by atoms with van der Waals surface area (Å²) < 4.78 is 7.36. The Morgan fingerprint density at radius 2 is 1.71 bits per heavy atom. The number of hydrogen-bond acceptors (Lipinski definition) is 3. The van der Waals surface area contributed by atoms with E-state index in [4.69, 9.17) is 9.40 Å². The van der Waals surface area contributed by atoms with Crippen LogP contribution in [0.2, 0.25) is 0 Å². The van der Waals surface area contributed by atoms with Crippen molar-refractivity contribution < 1.29 is 14.4 Å². The minimum atomic E-state index is 0. The molecule has 0 amide bonds. The van der Waals surface area contributed by atoms with E-state index in [1.165, 1.54) is 54.5 Å². The Hall–Kier alpha value is -2.08. The first-order valence-corrected chi connectivity index (χ1v) is 13.5. The van der Waals surface area contributed by atoms with E-state index >= 15 is 0 Å². The first-order valence-electron chi connectivity index (χ1n) is 12.5. The van der Waals surface area contributed by atoms with Crippen molar-refractivity contribution in [1.29, 1.82) is 0 Å². The zero-order valence-corrected chi connectivity index (χ0v) is 21.8. The van der Waals surface area contributed by atoms with Gasteiger partial charge >= 0.3 is 0 Å². The molecule has 0 saturated heterocycles. The fourth-order valence-electron chi connectivity index (χ4n) is 5.10. The number of oxazole rings is 1. The molecule has 0 aliphatic heterocycles. The van der Waals surface area contributed by atoms with Crippen LogP contribution in [0.15, 0.2) is 70.1 Å². The van der Waals surface area contributed by atoms with Crippen LogP contribution in [0.25, 0.3) is 0 Å². The maximum absolute atomic E-state index is 6.44. The van der Waals surface area contributed by atoms with Crippen LogP contribution in [0.4, 0.5) is 0 Å². The summed E-state index contributed by atoms with van der Waals surface area (Å²) in [5.41, 5.74) is 2.67. The number of aromatic nitrogens is 1. The van der Waals surface area contributed by atoms with Gasteiger partial charge < -0.3 is 14.4 Å². The third-order valence-electron chi connectivity index (χ3n) is 6.90. The molecule has 3 aromatic rings. The summed E-state index contributed by atoms with van der Waals surface area (Å²) >= 11 is 1.95. The SMILES string of the molecule is Cc1ccc(SCCC[N+](C)(C)Cc2cnc(C(c3ccccc3)C3CCCCC3)o2)cc1.O. The highest BCUT2D eigenvalue weighted by atomic mass is 32.2. The molecule has 1 aliphatic carbocycles. The molecule has 2 aromatic carbocycles. The maximum atomic E-state index is 6.44. The lowest BCUT2D eigenvalue weighted by molar-refractivity contribution is -0.904. The summed E-state index contributed by atoms with van der Waals surface area (Å²) in [6.45, 7) is 4.15. The van der Waals surface area contributed by atoms with Crippen LogP contribution in [-0.4, -0.2) is 41.3 Å². The molecular formula is C29H41N2O2S+. The lowest BCUT2D eigenvalue weighted by Gasteiger charge is -2.29. The van der Waals surface area contributed by atoms with E-state index in [2.05, 4.69) is 75.6 Å². The zero-order valence-electron chi connectivity index (χ0n) is 21.0. The van der Waals surface area contributed by atoms with Crippen molar-refractivity contribution in [2.45, 2.75) is 62.8 Å². The highest BCUT2D eigenvalue weighted by molar-refractivity contribution is 7.99. The molecule has 4 rings (SSSR count). The average molecular weight is 482 g/mol. The number of hydrogen-bond donors (Lipinski definition) is 0. The predicted molar refractivity (Wildman–Crippen MR) is 142 cm³/mol. The molecule has 34 heavy (non-hydrogen) atoms. The summed E-state index contributed by atoms with van der Waals surface area (Å²) in [6, 6.07) is 19.7. The van der Waals surface area contributed by atoms with Crippen LogP contribution < -0.4 is 0 Å². The smallest absolute Gasteiger partial charge is 0.202 e. The van der Waals surface area contributed by atoms with Gasteiger partial charge in [-0.25, -0.2) is 4.98 Å². The summed E-state index contributed by atoms with van der Waals surface area (Å²) in [6.07, 6.45) is 9.73. The van der Waals surface area contributed by atoms with Crippen LogP contribution in [0.3, 0.4) is 0 Å². The summed E-state index contributed by atoms with van der Waals surface area (Å²) in [5, 5.41) is 0. The number of benzene rings is 2. The second-order valence-electron chi connectivity index (χ2n) is 10.3. The van der Waals surface area contributed by atoms with Gasteiger partial charge in [0.15, 0.2) is 5.76 Å². The van der Waals surface area contributed by atoms with Gasteiger partial charge in [-0.3, -0.25) is 0 Å². The second kappa shape index (κ2) is 12.6. The molecule has 1 fully saturated rings. The fourth-order valence-corrected chi connectivity index (χ4v) is 5.94. The molecule has 0 radical (unpaired) electrons. The van der Waals surface area contributed by atoms with Crippen LogP contribution >= 0.6 is 11.8 Å². The minimum absolute atomic E-state index is 0. The molecule has 0 spiro atoms. The molecule has 0 bridgehead atoms. The Bertz CT molecular complexity index is 979. The highest BCUT2D eigenvalue weighted by Gasteiger charge is 2.31. The molecule has 4 nitrogen and oxygen atoms in total. The van der Waals surface area contributed by atoms with E-state index in [0.29, 0.717) is 5.92 Å². The van der Waals surface area contributed by atoms with Crippen LogP contribution in [0.5, 0.6) is 0 Å². The van der Waals surface area contributed by atoms with Gasteiger partial charge in [0, 0.05) is 17.1 Å². The van der Waals surface area contributed by atoms with Crippen molar-refractivity contribution >= 4 is 11.8 Å². The van der Waals surface area contributed by atoms with E-state index in [1.807, 2.05) is 18.0 Å². The number of rotatable bonds is 10. The lowest BCUT2D eigenvalue weighted by atomic mass is 9.77. The van der Waals surface area contributed by atoms with Gasteiger partial charge in [-0.05, 0) is 43.4 Å². The van der Waals surface area contributed by atoms with E-state index in [0.717, 1.165) is 35.0 Å². The molecule has 184 valence electrons. The number of aryl methyl sites for hydroxylation is 1. The minimum Gasteiger partial charge on any atom is -0.439 e. The molecule has 1 atom stereocenters. The van der Waals surface area contributed by atoms with Crippen LogP contribution in [0, 0.1) is 12.8 Å². The van der Waals surface area contributed by atoms with Crippen molar-refractivity contribution in [1.82, 2.24) is 4.98 Å². The Balaban J connectivity index is 0.00000324. The molecule has 5 heteroatoms. The van der Waals surface area contributed by atoms with Crippen LogP contribution in [0.1, 0.15) is 67.2 Å². The normalized spacial score (nSPS) is 15.6. The van der Waals surface area contributed by atoms with Gasteiger partial charge in [0.1, 0.15) is 6.54 Å². The molecule has 1 heterocycles. The summed E-state index contributed by atoms with van der Waals surface area (Å²) in [4.78, 5) is 6.18. The average Bonchev–Trinajstić information content (AvgIpc) is 3.26. The standard InChI is InChI=1S/C29H39N2OS.H2O/c1-23-15-17-27(18-16-23)33-20-10-19-31(2,3)22-26-21-30-29(32-26)28(24-11-6-4-7-12-24)25-13-8-5-9-14-25;/h4,6-7,11-12,15-18,21,25,28H,5,8-10,13-14,19-20,22H2,1-3H3;1H2/q+1;. The monoisotopic (exact) mass is 481 g/mol. The van der Waals surface area contributed by atoms with Gasteiger partial charge in [-0.2, -0.15) is 0 Å². The van der Waals surface area contributed by atoms with Crippen molar-refractivity contribution in [2.24, 2.45) is 5.92 Å². The number of quaternary nitrogens is 1. The third-order valence-corrected chi connectivity index (χ3v) is 8.00. The quantitative estimate of drug-likeness (QED) is 0.185.